The molecule has 22 heteroatoms. The zero-order chi connectivity index (χ0) is 57.0. The molecule has 0 fully saturated rings. The molecule has 2 aliphatic rings. The minimum absolute atomic E-state index is 0.0122. The van der Waals surface area contributed by atoms with Gasteiger partial charge in [-0.15, -0.1) is 11.3 Å². The molecule has 3 heterocycles. The second kappa shape index (κ2) is 29.9. The summed E-state index contributed by atoms with van der Waals surface area (Å²) in [6.07, 6.45) is 6.55. The van der Waals surface area contributed by atoms with Crippen LogP contribution in [0.4, 0.5) is 5.69 Å². The monoisotopic (exact) mass is 1080 g/mol. The SMILES string of the molecule is CCC[C@H](Cc1ccc(OC(=O)CCCN2C(=O)C=CC2=O)c(NC(=O)CCCN2C(=O)C=CC2=O)c1)NC(=O)c1csc([C@@H](C[C@H](C(C)C)N(C)C(=O)[C@@H](CC(=O)C(C)(C)N(C)C)[C@@H](C)CC)OC(C)=O)n1.O=C=O. The van der Waals surface area contributed by atoms with E-state index in [1.54, 1.807) is 29.5 Å². The first kappa shape index (κ1) is 63.3. The lowest BCUT2D eigenvalue weighted by Crippen LogP contribution is -2.50. The number of thiazole rings is 1. The van der Waals surface area contributed by atoms with Crippen molar-refractivity contribution < 1.29 is 67.0 Å². The van der Waals surface area contributed by atoms with E-state index < -0.39 is 77.0 Å². The predicted octanol–water partition coefficient (Wildman–Crippen LogP) is 5.39. The highest BCUT2D eigenvalue weighted by molar-refractivity contribution is 7.09. The van der Waals surface area contributed by atoms with E-state index in [9.17, 15) is 47.9 Å². The van der Waals surface area contributed by atoms with E-state index in [1.807, 2.05) is 67.5 Å². The number of likely N-dealkylation sites (N-methyl/N-ethyl adjacent to an activating group) is 1. The normalized spacial score (nSPS) is 15.2. The average molecular weight is 1080 g/mol. The first-order valence-corrected chi connectivity index (χ1v) is 26.3. The van der Waals surface area contributed by atoms with Crippen LogP contribution in [0.1, 0.15) is 140 Å². The second-order valence-corrected chi connectivity index (χ2v) is 20.8. The van der Waals surface area contributed by atoms with E-state index in [1.165, 1.54) is 13.0 Å². The van der Waals surface area contributed by atoms with Crippen LogP contribution in [0.2, 0.25) is 0 Å². The average Bonchev–Trinajstić information content (AvgIpc) is 4.07. The third-order valence-corrected chi connectivity index (χ3v) is 14.5. The van der Waals surface area contributed by atoms with E-state index in [4.69, 9.17) is 19.1 Å². The fourth-order valence-corrected chi connectivity index (χ4v) is 9.29. The van der Waals surface area contributed by atoms with Gasteiger partial charge in [0.25, 0.3) is 29.5 Å². The molecule has 0 saturated carbocycles. The molecular weight excluding hydrogens is 1000 g/mol. The summed E-state index contributed by atoms with van der Waals surface area (Å²) in [7, 11) is 5.39. The van der Waals surface area contributed by atoms with Gasteiger partial charge in [-0.2, -0.15) is 9.59 Å². The summed E-state index contributed by atoms with van der Waals surface area (Å²) in [5.41, 5.74) is 0.152. The van der Waals surface area contributed by atoms with Crippen molar-refractivity contribution >= 4 is 82.2 Å². The molecule has 0 spiro atoms. The van der Waals surface area contributed by atoms with Crippen molar-refractivity contribution in [2.45, 2.75) is 143 Å². The van der Waals surface area contributed by atoms with Crippen LogP contribution in [0, 0.1) is 17.8 Å². The number of aromatic nitrogens is 1. The molecule has 5 atom stereocenters. The van der Waals surface area contributed by atoms with Crippen LogP contribution in [-0.4, -0.2) is 142 Å². The summed E-state index contributed by atoms with van der Waals surface area (Å²) in [6, 6.07) is 3.98. The van der Waals surface area contributed by atoms with Crippen LogP contribution in [0.5, 0.6) is 5.75 Å². The molecule has 414 valence electrons. The molecule has 4 rings (SSSR count). The Labute approximate surface area is 448 Å². The number of carbonyl (C=O) groups excluding carboxylic acids is 12. The molecule has 1 aromatic heterocycles. The number of anilines is 1. The second-order valence-electron chi connectivity index (χ2n) is 19.9. The number of rotatable bonds is 29. The quantitative estimate of drug-likeness (QED) is 0.0587. The maximum Gasteiger partial charge on any atom is 0.373 e. The topological polar surface area (TPSA) is 273 Å². The summed E-state index contributed by atoms with van der Waals surface area (Å²) in [6.45, 7) is 14.9. The summed E-state index contributed by atoms with van der Waals surface area (Å²) in [5, 5.41) is 7.81. The van der Waals surface area contributed by atoms with Gasteiger partial charge >= 0.3 is 18.1 Å². The molecule has 1 aromatic carbocycles. The van der Waals surface area contributed by atoms with Crippen LogP contribution in [0.3, 0.4) is 0 Å². The molecule has 0 saturated heterocycles. The number of imide groups is 2. The standard InChI is InChI=1S/C53H73N7O12S.CO2/c1-12-16-36(27-35-19-20-41(72-49(68)18-15-26-60-47(66)23-24-48(60)67)38(28-35)55-44(63)17-14-25-59-45(64)21-22-46(59)65)54-50(69)39-31-73-51(56-39)42(71-34(6)61)30-40(32(3)4)58(11)52(70)37(33(5)13-2)29-43(62)53(7,8)57(9)10;2-1-3/h19-24,28,31-33,36-37,40,42H,12-18,25-27,29-30H2,1-11H3,(H,54,69)(H,55,63);/t33-,36+,37-,40+,42+;/m0./s1. The number of nitrogens with one attached hydrogen (secondary N) is 2. The van der Waals surface area contributed by atoms with Gasteiger partial charge in [0.1, 0.15) is 10.7 Å². The van der Waals surface area contributed by atoms with Gasteiger partial charge < -0.3 is 25.0 Å². The number of carbonyl (C=O) groups is 10. The Bertz CT molecular complexity index is 2510. The maximum atomic E-state index is 14.4. The zero-order valence-corrected chi connectivity index (χ0v) is 46.2. The molecule has 7 amide bonds. The fourth-order valence-electron chi connectivity index (χ4n) is 8.45. The Morgan fingerprint density at radius 2 is 1.42 bits per heavy atom. The van der Waals surface area contributed by atoms with Crippen molar-refractivity contribution in [3.05, 3.63) is 64.1 Å². The smallest absolute Gasteiger partial charge is 0.373 e. The van der Waals surface area contributed by atoms with Crippen molar-refractivity contribution in [3.63, 3.8) is 0 Å². The van der Waals surface area contributed by atoms with E-state index >= 15 is 0 Å². The number of benzene rings is 1. The van der Waals surface area contributed by atoms with Crippen LogP contribution in [0.15, 0.2) is 47.9 Å². The van der Waals surface area contributed by atoms with Crippen LogP contribution in [-0.2, 0) is 63.9 Å². The highest BCUT2D eigenvalue weighted by atomic mass is 32.1. The maximum absolute atomic E-state index is 14.4. The number of Topliss-reactive ketones (excluding diaryl/α,β-unsaturated/α-hetero) is 1. The van der Waals surface area contributed by atoms with Crippen molar-refractivity contribution in [1.82, 2.24) is 29.9 Å². The van der Waals surface area contributed by atoms with Gasteiger partial charge in [-0.05, 0) is 83.2 Å². The third kappa shape index (κ3) is 18.4. The fraction of sp³-hybridized carbons (Fsp3) is 0.556. The Hall–Kier alpha value is -7.03. The minimum Gasteiger partial charge on any atom is -0.455 e. The van der Waals surface area contributed by atoms with Gasteiger partial charge in [0.2, 0.25) is 11.8 Å². The van der Waals surface area contributed by atoms with Crippen molar-refractivity contribution in [1.29, 1.82) is 0 Å². The summed E-state index contributed by atoms with van der Waals surface area (Å²) >= 11 is 1.16. The van der Waals surface area contributed by atoms with Crippen molar-refractivity contribution in [2.24, 2.45) is 17.8 Å². The van der Waals surface area contributed by atoms with Crippen molar-refractivity contribution in [2.75, 3.05) is 39.5 Å². The molecule has 0 unspecified atom stereocenters. The molecule has 21 nitrogen and oxygen atoms in total. The Balaban J connectivity index is 0.00000495. The molecule has 0 aliphatic carbocycles. The number of hydrogen-bond acceptors (Lipinski definition) is 17. The minimum atomic E-state index is -0.895. The third-order valence-electron chi connectivity index (χ3n) is 13.6. The molecule has 0 bridgehead atoms. The first-order chi connectivity index (χ1) is 35.8. The summed E-state index contributed by atoms with van der Waals surface area (Å²) in [5.74, 6) is -4.98. The number of amides is 7. The number of esters is 2. The first-order valence-electron chi connectivity index (χ1n) is 25.4. The Morgan fingerprint density at radius 1 is 0.855 bits per heavy atom. The molecule has 0 radical (unpaired) electrons. The van der Waals surface area contributed by atoms with E-state index in [2.05, 4.69) is 15.6 Å². The number of ketones is 1. The molecule has 2 aromatic rings. The number of nitrogens with zero attached hydrogens (tertiary/aromatic N) is 5. The van der Waals surface area contributed by atoms with E-state index in [0.717, 1.165) is 45.4 Å². The van der Waals surface area contributed by atoms with Gasteiger partial charge in [-0.3, -0.25) is 62.6 Å². The lowest BCUT2D eigenvalue weighted by molar-refractivity contribution is -0.192. The lowest BCUT2D eigenvalue weighted by Gasteiger charge is -2.38. The Kier molecular flexibility index (Phi) is 24.9. The molecule has 2 aliphatic heterocycles. The zero-order valence-electron chi connectivity index (χ0n) is 45.4. The lowest BCUT2D eigenvalue weighted by atomic mass is 9.81. The molecular formula is C54H73N7O14S. The van der Waals surface area contributed by atoms with E-state index in [-0.39, 0.29) is 105 Å². The predicted molar refractivity (Wildman–Crippen MR) is 279 cm³/mol. The van der Waals surface area contributed by atoms with Gasteiger partial charge in [-0.25, -0.2) is 4.98 Å². The Morgan fingerprint density at radius 3 is 1.93 bits per heavy atom. The van der Waals surface area contributed by atoms with Gasteiger partial charge in [0.15, 0.2) is 17.6 Å². The van der Waals surface area contributed by atoms with Crippen molar-refractivity contribution in [3.8, 4) is 5.75 Å². The number of hydrogen-bond donors (Lipinski definition) is 2. The molecule has 2 N–H and O–H groups in total. The summed E-state index contributed by atoms with van der Waals surface area (Å²) < 4.78 is 11.5. The summed E-state index contributed by atoms with van der Waals surface area (Å²) in [4.78, 5) is 155. The van der Waals surface area contributed by atoms with Gasteiger partial charge in [-0.1, -0.05) is 53.5 Å². The van der Waals surface area contributed by atoms with Gasteiger partial charge in [0.05, 0.1) is 11.2 Å². The van der Waals surface area contributed by atoms with Crippen LogP contribution >= 0.6 is 11.3 Å². The van der Waals surface area contributed by atoms with Gasteiger partial charge in [0, 0.05) is 100 Å². The highest BCUT2D eigenvalue weighted by Gasteiger charge is 2.39. The number of ether oxygens (including phenoxy) is 2. The molecule has 76 heavy (non-hydrogen) atoms. The van der Waals surface area contributed by atoms with Crippen LogP contribution < -0.4 is 15.4 Å². The highest BCUT2D eigenvalue weighted by Crippen LogP contribution is 2.34. The largest absolute Gasteiger partial charge is 0.455 e. The van der Waals surface area contributed by atoms with E-state index in [0.29, 0.717) is 29.8 Å². The van der Waals surface area contributed by atoms with Crippen LogP contribution in [0.25, 0.3) is 0 Å².